The summed E-state index contributed by atoms with van der Waals surface area (Å²) in [7, 11) is 0. The fourth-order valence-corrected chi connectivity index (χ4v) is 4.08. The number of ether oxygens (including phenoxy) is 1. The van der Waals surface area contributed by atoms with E-state index in [-0.39, 0.29) is 17.0 Å². The Hall–Kier alpha value is -4.07. The highest BCUT2D eigenvalue weighted by atomic mass is 19.2. The van der Waals surface area contributed by atoms with E-state index in [0.29, 0.717) is 29.9 Å². The van der Waals surface area contributed by atoms with Crippen LogP contribution >= 0.6 is 0 Å². The molecule has 32 heavy (non-hydrogen) atoms. The minimum absolute atomic E-state index is 0.0127. The maximum absolute atomic E-state index is 14.0. The molecule has 1 unspecified atom stereocenters. The Balaban J connectivity index is 1.70. The van der Waals surface area contributed by atoms with Crippen LogP contribution in [0.4, 0.5) is 14.5 Å². The molecule has 8 heteroatoms. The summed E-state index contributed by atoms with van der Waals surface area (Å²) >= 11 is 0. The van der Waals surface area contributed by atoms with E-state index >= 15 is 0 Å². The zero-order valence-corrected chi connectivity index (χ0v) is 16.6. The van der Waals surface area contributed by atoms with Gasteiger partial charge in [-0.15, -0.1) is 0 Å². The quantitative estimate of drug-likeness (QED) is 0.384. The second kappa shape index (κ2) is 7.56. The molecule has 1 aromatic heterocycles. The molecular weight excluding hydrogens is 418 g/mol. The maximum atomic E-state index is 14.0. The van der Waals surface area contributed by atoms with E-state index in [1.54, 1.807) is 30.3 Å². The molecule has 1 N–H and O–H groups in total. The Morgan fingerprint density at radius 2 is 1.94 bits per heavy atom. The first kappa shape index (κ1) is 19.9. The van der Waals surface area contributed by atoms with Crippen molar-refractivity contribution in [2.75, 3.05) is 11.5 Å². The maximum Gasteiger partial charge on any atom is 0.300 e. The molecule has 160 valence electrons. The number of benzene rings is 2. The molecule has 0 saturated carbocycles. The largest absolute Gasteiger partial charge is 0.507 e. The SMILES string of the molecule is O=C1C(=O)N(c2ccc(F)c(F)c2)C(c2cccnc2)/C1=C(/O)c1ccc2c(c1)CCO2. The first-order chi connectivity index (χ1) is 15.5. The lowest BCUT2D eigenvalue weighted by atomic mass is 9.95. The van der Waals surface area contributed by atoms with Crippen LogP contribution in [0.25, 0.3) is 5.76 Å². The van der Waals surface area contributed by atoms with E-state index in [1.165, 1.54) is 18.5 Å². The van der Waals surface area contributed by atoms with Gasteiger partial charge in [-0.05, 0) is 47.5 Å². The number of ketones is 1. The number of hydrogen-bond acceptors (Lipinski definition) is 5. The summed E-state index contributed by atoms with van der Waals surface area (Å²) in [5.74, 6) is -3.80. The van der Waals surface area contributed by atoms with Crippen LogP contribution < -0.4 is 9.64 Å². The number of carbonyl (C=O) groups is 2. The average molecular weight is 434 g/mol. The third-order valence-electron chi connectivity index (χ3n) is 5.59. The second-order valence-electron chi connectivity index (χ2n) is 7.47. The summed E-state index contributed by atoms with van der Waals surface area (Å²) in [6.45, 7) is 0.524. The summed E-state index contributed by atoms with van der Waals surface area (Å²) in [6, 6.07) is 10.1. The number of aliphatic hydroxyl groups excluding tert-OH is 1. The fraction of sp³-hybridized carbons (Fsp3) is 0.125. The van der Waals surface area contributed by atoms with Crippen molar-refractivity contribution in [3.63, 3.8) is 0 Å². The molecule has 2 aliphatic heterocycles. The van der Waals surface area contributed by atoms with Crippen LogP contribution in [-0.4, -0.2) is 28.4 Å². The van der Waals surface area contributed by atoms with Gasteiger partial charge in [0.15, 0.2) is 11.6 Å². The lowest BCUT2D eigenvalue weighted by Gasteiger charge is -2.25. The van der Waals surface area contributed by atoms with Crippen molar-refractivity contribution in [3.05, 3.63) is 94.8 Å². The number of anilines is 1. The zero-order valence-electron chi connectivity index (χ0n) is 16.6. The number of Topliss-reactive ketones (excluding diaryl/α,β-unsaturated/α-hetero) is 1. The predicted octanol–water partition coefficient (Wildman–Crippen LogP) is 3.92. The minimum Gasteiger partial charge on any atom is -0.507 e. The Bertz CT molecular complexity index is 1290. The van der Waals surface area contributed by atoms with Gasteiger partial charge in [-0.2, -0.15) is 0 Å². The van der Waals surface area contributed by atoms with E-state index in [1.807, 2.05) is 0 Å². The van der Waals surface area contributed by atoms with Crippen molar-refractivity contribution >= 4 is 23.1 Å². The van der Waals surface area contributed by atoms with Gasteiger partial charge in [0.25, 0.3) is 11.7 Å². The number of rotatable bonds is 3. The molecule has 0 radical (unpaired) electrons. The molecule has 5 rings (SSSR count). The van der Waals surface area contributed by atoms with E-state index in [2.05, 4.69) is 4.98 Å². The molecule has 1 fully saturated rings. The van der Waals surface area contributed by atoms with Crippen LogP contribution in [-0.2, 0) is 16.0 Å². The van der Waals surface area contributed by atoms with Crippen LogP contribution in [0, 0.1) is 11.6 Å². The lowest BCUT2D eigenvalue weighted by Crippen LogP contribution is -2.29. The van der Waals surface area contributed by atoms with Gasteiger partial charge in [0.2, 0.25) is 0 Å². The van der Waals surface area contributed by atoms with Crippen molar-refractivity contribution in [1.82, 2.24) is 4.98 Å². The number of fused-ring (bicyclic) bond motifs is 1. The smallest absolute Gasteiger partial charge is 0.300 e. The minimum atomic E-state index is -1.16. The molecule has 3 heterocycles. The molecule has 1 saturated heterocycles. The van der Waals surface area contributed by atoms with E-state index < -0.39 is 29.4 Å². The first-order valence-corrected chi connectivity index (χ1v) is 9.88. The van der Waals surface area contributed by atoms with E-state index in [9.17, 15) is 23.5 Å². The molecule has 0 spiro atoms. The number of hydrogen-bond donors (Lipinski definition) is 1. The van der Waals surface area contributed by atoms with Crippen LogP contribution in [0.1, 0.15) is 22.7 Å². The van der Waals surface area contributed by atoms with Gasteiger partial charge >= 0.3 is 0 Å². The van der Waals surface area contributed by atoms with Crippen molar-refractivity contribution in [1.29, 1.82) is 0 Å². The van der Waals surface area contributed by atoms with Crippen LogP contribution in [0.15, 0.2) is 66.5 Å². The summed E-state index contributed by atoms with van der Waals surface area (Å²) in [4.78, 5) is 31.1. The molecule has 6 nitrogen and oxygen atoms in total. The van der Waals surface area contributed by atoms with E-state index in [0.717, 1.165) is 22.6 Å². The lowest BCUT2D eigenvalue weighted by molar-refractivity contribution is -0.132. The number of aliphatic hydroxyl groups is 1. The van der Waals surface area contributed by atoms with Gasteiger partial charge in [0.05, 0.1) is 18.2 Å². The normalized spacial score (nSPS) is 19.2. The molecule has 3 aromatic rings. The Kier molecular flexibility index (Phi) is 4.70. The summed E-state index contributed by atoms with van der Waals surface area (Å²) in [6.07, 6.45) is 3.63. The highest BCUT2D eigenvalue weighted by molar-refractivity contribution is 6.51. The summed E-state index contributed by atoms with van der Waals surface area (Å²) < 4.78 is 32.9. The number of pyridine rings is 1. The number of halogens is 2. The fourth-order valence-electron chi connectivity index (χ4n) is 4.08. The van der Waals surface area contributed by atoms with Crippen molar-refractivity contribution < 1.29 is 28.2 Å². The van der Waals surface area contributed by atoms with Crippen molar-refractivity contribution in [2.45, 2.75) is 12.5 Å². The van der Waals surface area contributed by atoms with Gasteiger partial charge in [0, 0.05) is 36.1 Å². The van der Waals surface area contributed by atoms with Crippen molar-refractivity contribution in [2.24, 2.45) is 0 Å². The highest BCUT2D eigenvalue weighted by Crippen LogP contribution is 2.42. The number of aromatic nitrogens is 1. The molecular formula is C24H16F2N2O4. The van der Waals surface area contributed by atoms with Gasteiger partial charge < -0.3 is 9.84 Å². The number of nitrogens with zero attached hydrogens (tertiary/aromatic N) is 2. The van der Waals surface area contributed by atoms with Gasteiger partial charge in [-0.25, -0.2) is 8.78 Å². The Morgan fingerprint density at radius 3 is 2.69 bits per heavy atom. The highest BCUT2D eigenvalue weighted by Gasteiger charge is 2.47. The van der Waals surface area contributed by atoms with Crippen LogP contribution in [0.2, 0.25) is 0 Å². The number of carbonyl (C=O) groups excluding carboxylic acids is 2. The van der Waals surface area contributed by atoms with Crippen molar-refractivity contribution in [3.8, 4) is 5.75 Å². The van der Waals surface area contributed by atoms with Crippen LogP contribution in [0.5, 0.6) is 5.75 Å². The van der Waals surface area contributed by atoms with E-state index in [4.69, 9.17) is 4.74 Å². The van der Waals surface area contributed by atoms with Gasteiger partial charge in [-0.3, -0.25) is 19.5 Å². The molecule has 1 amide bonds. The molecule has 0 bridgehead atoms. The average Bonchev–Trinajstić information content (AvgIpc) is 3.38. The van der Waals surface area contributed by atoms with Gasteiger partial charge in [-0.1, -0.05) is 6.07 Å². The number of amides is 1. The third kappa shape index (κ3) is 3.11. The second-order valence-corrected chi connectivity index (χ2v) is 7.47. The Labute approximate surface area is 181 Å². The summed E-state index contributed by atoms with van der Waals surface area (Å²) in [5, 5.41) is 11.1. The standard InChI is InChI=1S/C24H16F2N2O4/c25-17-5-4-16(11-18(17)26)28-21(15-2-1-8-27-12-15)20(23(30)24(28)31)22(29)14-3-6-19-13(10-14)7-9-32-19/h1-6,8,10-12,21,29H,7,9H2/b22-20-. The third-order valence-corrected chi connectivity index (χ3v) is 5.59. The molecule has 2 aromatic carbocycles. The zero-order chi connectivity index (χ0) is 22.4. The summed E-state index contributed by atoms with van der Waals surface area (Å²) in [5.41, 5.74) is 1.49. The monoisotopic (exact) mass is 434 g/mol. The first-order valence-electron chi connectivity index (χ1n) is 9.88. The molecule has 2 aliphatic rings. The topological polar surface area (TPSA) is 79.7 Å². The predicted molar refractivity (Wildman–Crippen MR) is 111 cm³/mol. The molecule has 1 atom stereocenters. The van der Waals surface area contributed by atoms with Gasteiger partial charge in [0.1, 0.15) is 11.5 Å². The van der Waals surface area contributed by atoms with Crippen LogP contribution in [0.3, 0.4) is 0 Å². The Morgan fingerprint density at radius 1 is 1.09 bits per heavy atom. The molecule has 0 aliphatic carbocycles.